The molecule has 5 nitrogen and oxygen atoms in total. The van der Waals surface area contributed by atoms with E-state index in [2.05, 4.69) is 4.98 Å². The number of ketones is 1. The highest BCUT2D eigenvalue weighted by atomic mass is 16.5. The number of ether oxygens (including phenoxy) is 1. The SMILES string of the molecule is CCc1cccc2c(=O)c(C(=O)c3ccccc3)c(C(=O)OC)[nH]c12. The predicted molar refractivity (Wildman–Crippen MR) is 95.2 cm³/mol. The molecule has 0 aliphatic rings. The molecule has 0 saturated heterocycles. The number of rotatable bonds is 4. The molecule has 0 aliphatic carbocycles. The van der Waals surface area contributed by atoms with Crippen LogP contribution in [0.2, 0.25) is 0 Å². The second kappa shape index (κ2) is 6.73. The van der Waals surface area contributed by atoms with Crippen molar-refractivity contribution in [2.45, 2.75) is 13.3 Å². The maximum atomic E-state index is 13.0. The monoisotopic (exact) mass is 335 g/mol. The lowest BCUT2D eigenvalue weighted by molar-refractivity contribution is 0.0591. The summed E-state index contributed by atoms with van der Waals surface area (Å²) in [4.78, 5) is 41.1. The number of aromatic nitrogens is 1. The highest BCUT2D eigenvalue weighted by Gasteiger charge is 2.25. The van der Waals surface area contributed by atoms with Crippen molar-refractivity contribution in [1.29, 1.82) is 0 Å². The molecule has 25 heavy (non-hydrogen) atoms. The number of carbonyl (C=O) groups is 2. The Morgan fingerprint density at radius 1 is 1.04 bits per heavy atom. The van der Waals surface area contributed by atoms with E-state index in [1.165, 1.54) is 7.11 Å². The lowest BCUT2D eigenvalue weighted by atomic mass is 9.97. The number of esters is 1. The summed E-state index contributed by atoms with van der Waals surface area (Å²) in [6, 6.07) is 13.7. The molecule has 0 radical (unpaired) electrons. The van der Waals surface area contributed by atoms with Gasteiger partial charge < -0.3 is 9.72 Å². The summed E-state index contributed by atoms with van der Waals surface area (Å²) in [5.41, 5.74) is 0.995. The van der Waals surface area contributed by atoms with E-state index in [0.29, 0.717) is 22.9 Å². The number of pyridine rings is 1. The van der Waals surface area contributed by atoms with Gasteiger partial charge in [-0.25, -0.2) is 4.79 Å². The number of benzene rings is 2. The van der Waals surface area contributed by atoms with Crippen LogP contribution in [0.4, 0.5) is 0 Å². The molecule has 126 valence electrons. The van der Waals surface area contributed by atoms with E-state index < -0.39 is 17.2 Å². The van der Waals surface area contributed by atoms with Crippen molar-refractivity contribution in [3.8, 4) is 0 Å². The van der Waals surface area contributed by atoms with Gasteiger partial charge in [0.15, 0.2) is 5.78 Å². The Balaban J connectivity index is 2.37. The molecule has 0 unspecified atom stereocenters. The molecule has 0 saturated carbocycles. The van der Waals surface area contributed by atoms with Gasteiger partial charge in [0.2, 0.25) is 5.43 Å². The zero-order valence-electron chi connectivity index (χ0n) is 14.0. The van der Waals surface area contributed by atoms with Gasteiger partial charge >= 0.3 is 5.97 Å². The molecule has 0 bridgehead atoms. The van der Waals surface area contributed by atoms with E-state index in [0.717, 1.165) is 5.56 Å². The minimum absolute atomic E-state index is 0.116. The minimum Gasteiger partial charge on any atom is -0.464 e. The number of para-hydroxylation sites is 1. The maximum absolute atomic E-state index is 13.0. The smallest absolute Gasteiger partial charge is 0.355 e. The second-order valence-electron chi connectivity index (χ2n) is 5.58. The fourth-order valence-corrected chi connectivity index (χ4v) is 2.87. The third kappa shape index (κ3) is 2.85. The Labute approximate surface area is 144 Å². The second-order valence-corrected chi connectivity index (χ2v) is 5.58. The third-order valence-corrected chi connectivity index (χ3v) is 4.16. The van der Waals surface area contributed by atoms with Gasteiger partial charge in [0.1, 0.15) is 11.3 Å². The molecular weight excluding hydrogens is 318 g/mol. The lowest BCUT2D eigenvalue weighted by Gasteiger charge is -2.11. The zero-order chi connectivity index (χ0) is 18.0. The highest BCUT2D eigenvalue weighted by molar-refractivity contribution is 6.15. The summed E-state index contributed by atoms with van der Waals surface area (Å²) in [5.74, 6) is -1.25. The average Bonchev–Trinajstić information content (AvgIpc) is 2.67. The van der Waals surface area contributed by atoms with Crippen molar-refractivity contribution < 1.29 is 14.3 Å². The summed E-state index contributed by atoms with van der Waals surface area (Å²) in [6.07, 6.45) is 0.680. The van der Waals surface area contributed by atoms with Gasteiger partial charge in [-0.3, -0.25) is 9.59 Å². The Hall–Kier alpha value is -3.21. The maximum Gasteiger partial charge on any atom is 0.355 e. The van der Waals surface area contributed by atoms with Gasteiger partial charge in [-0.1, -0.05) is 49.4 Å². The first-order valence-electron chi connectivity index (χ1n) is 7.94. The van der Waals surface area contributed by atoms with Crippen LogP contribution in [0.3, 0.4) is 0 Å². The number of aryl methyl sites for hydroxylation is 1. The molecule has 0 atom stereocenters. The number of fused-ring (bicyclic) bond motifs is 1. The fourth-order valence-electron chi connectivity index (χ4n) is 2.87. The van der Waals surface area contributed by atoms with Crippen molar-refractivity contribution in [3.63, 3.8) is 0 Å². The topological polar surface area (TPSA) is 76.2 Å². The summed E-state index contributed by atoms with van der Waals surface area (Å²) >= 11 is 0. The van der Waals surface area contributed by atoms with Crippen LogP contribution >= 0.6 is 0 Å². The van der Waals surface area contributed by atoms with E-state index in [-0.39, 0.29) is 11.3 Å². The Morgan fingerprint density at radius 3 is 2.40 bits per heavy atom. The summed E-state index contributed by atoms with van der Waals surface area (Å²) in [7, 11) is 1.22. The number of hydrogen-bond donors (Lipinski definition) is 1. The first-order chi connectivity index (χ1) is 12.1. The molecule has 0 fully saturated rings. The van der Waals surface area contributed by atoms with E-state index in [4.69, 9.17) is 4.74 Å². The van der Waals surface area contributed by atoms with E-state index in [1.807, 2.05) is 13.0 Å². The number of nitrogens with one attached hydrogen (secondary N) is 1. The normalized spacial score (nSPS) is 10.6. The van der Waals surface area contributed by atoms with Crippen LogP contribution in [0, 0.1) is 0 Å². The third-order valence-electron chi connectivity index (χ3n) is 4.16. The molecule has 0 aliphatic heterocycles. The first kappa shape index (κ1) is 16.6. The quantitative estimate of drug-likeness (QED) is 0.587. The van der Waals surface area contributed by atoms with Crippen LogP contribution in [-0.2, 0) is 11.2 Å². The molecule has 1 heterocycles. The molecular formula is C20H17NO4. The van der Waals surface area contributed by atoms with Crippen LogP contribution in [0.1, 0.15) is 38.9 Å². The molecule has 0 amide bonds. The lowest BCUT2D eigenvalue weighted by Crippen LogP contribution is -2.24. The van der Waals surface area contributed by atoms with Crippen molar-refractivity contribution >= 4 is 22.7 Å². The predicted octanol–water partition coefficient (Wildman–Crippen LogP) is 3.11. The van der Waals surface area contributed by atoms with Crippen molar-refractivity contribution in [2.75, 3.05) is 7.11 Å². The van der Waals surface area contributed by atoms with Crippen LogP contribution in [0.5, 0.6) is 0 Å². The van der Waals surface area contributed by atoms with Crippen LogP contribution in [-0.4, -0.2) is 23.8 Å². The van der Waals surface area contributed by atoms with Crippen molar-refractivity contribution in [3.05, 3.63) is 81.1 Å². The highest BCUT2D eigenvalue weighted by Crippen LogP contribution is 2.19. The molecule has 0 spiro atoms. The largest absolute Gasteiger partial charge is 0.464 e. The summed E-state index contributed by atoms with van der Waals surface area (Å²) < 4.78 is 4.78. The Bertz CT molecular complexity index is 1020. The minimum atomic E-state index is -0.746. The first-order valence-corrected chi connectivity index (χ1v) is 7.94. The number of aromatic amines is 1. The number of carbonyl (C=O) groups excluding carboxylic acids is 2. The number of methoxy groups -OCH3 is 1. The summed E-state index contributed by atoms with van der Waals surface area (Å²) in [6.45, 7) is 1.95. The molecule has 5 heteroatoms. The van der Waals surface area contributed by atoms with E-state index in [1.54, 1.807) is 42.5 Å². The van der Waals surface area contributed by atoms with Crippen molar-refractivity contribution in [1.82, 2.24) is 4.98 Å². The average molecular weight is 335 g/mol. The van der Waals surface area contributed by atoms with Crippen LogP contribution in [0.15, 0.2) is 53.3 Å². The van der Waals surface area contributed by atoms with Gasteiger partial charge in [-0.15, -0.1) is 0 Å². The van der Waals surface area contributed by atoms with Crippen molar-refractivity contribution in [2.24, 2.45) is 0 Å². The number of hydrogen-bond acceptors (Lipinski definition) is 4. The van der Waals surface area contributed by atoms with E-state index in [9.17, 15) is 14.4 Å². The Morgan fingerprint density at radius 2 is 1.76 bits per heavy atom. The van der Waals surface area contributed by atoms with Gasteiger partial charge in [0.25, 0.3) is 0 Å². The molecule has 2 aromatic carbocycles. The van der Waals surface area contributed by atoms with Gasteiger partial charge in [-0.05, 0) is 18.1 Å². The fraction of sp³-hybridized carbons (Fsp3) is 0.150. The van der Waals surface area contributed by atoms with Crippen LogP contribution < -0.4 is 5.43 Å². The van der Waals surface area contributed by atoms with Gasteiger partial charge in [-0.2, -0.15) is 0 Å². The molecule has 3 aromatic rings. The van der Waals surface area contributed by atoms with Gasteiger partial charge in [0.05, 0.1) is 12.6 Å². The molecule has 1 aromatic heterocycles. The standard InChI is InChI=1S/C20H17NO4/c1-3-12-10-7-11-14-16(12)21-17(20(24)25-2)15(19(14)23)18(22)13-8-5-4-6-9-13/h4-11H,3H2,1-2H3,(H,21,23). The molecule has 1 N–H and O–H groups in total. The Kier molecular flexibility index (Phi) is 4.48. The van der Waals surface area contributed by atoms with Gasteiger partial charge in [0, 0.05) is 10.9 Å². The molecule has 3 rings (SSSR count). The zero-order valence-corrected chi connectivity index (χ0v) is 14.0. The summed E-state index contributed by atoms with van der Waals surface area (Å²) in [5, 5.41) is 0.381. The van der Waals surface area contributed by atoms with Crippen LogP contribution in [0.25, 0.3) is 10.9 Å². The van der Waals surface area contributed by atoms with E-state index >= 15 is 0 Å². The number of H-pyrrole nitrogens is 1.